The summed E-state index contributed by atoms with van der Waals surface area (Å²) in [4.78, 5) is 5.00. The van der Waals surface area contributed by atoms with Crippen molar-refractivity contribution in [2.75, 3.05) is 0 Å². The smallest absolute Gasteiger partial charge is 0.269 e. The van der Waals surface area contributed by atoms with Gasteiger partial charge in [0.15, 0.2) is 0 Å². The molecule has 0 radical (unpaired) electrons. The molecule has 95 heavy (non-hydrogen) atoms. The van der Waals surface area contributed by atoms with Crippen LogP contribution in [-0.2, 0) is 21.7 Å². The average Bonchev–Trinajstić information content (AvgIpc) is 1.72. The van der Waals surface area contributed by atoms with Crippen LogP contribution in [0, 0.1) is 6.33 Å². The first-order chi connectivity index (χ1) is 45.8. The number of rotatable bonds is 6. The van der Waals surface area contributed by atoms with Gasteiger partial charge in [-0.3, -0.25) is 13.7 Å². The number of imidazole rings is 1. The van der Waals surface area contributed by atoms with E-state index in [4.69, 9.17) is 14.1 Å². The molecule has 0 bridgehead atoms. The van der Waals surface area contributed by atoms with Crippen molar-refractivity contribution in [2.45, 2.75) is 104 Å². The van der Waals surface area contributed by atoms with Gasteiger partial charge in [0.25, 0.3) is 6.33 Å². The average molecular weight is 1230 g/mol. The van der Waals surface area contributed by atoms with Crippen LogP contribution in [0.4, 0.5) is 0 Å². The predicted molar refractivity (Wildman–Crippen MR) is 392 cm³/mol. The van der Waals surface area contributed by atoms with Crippen molar-refractivity contribution in [2.24, 2.45) is 0 Å². The quantitative estimate of drug-likeness (QED) is 0.123. The van der Waals surface area contributed by atoms with Crippen molar-refractivity contribution < 1.29 is 13.7 Å². The summed E-state index contributed by atoms with van der Waals surface area (Å²) in [7, 11) is 0. The number of para-hydroxylation sites is 4. The molecular formula is C88H73N5O2. The lowest BCUT2D eigenvalue weighted by atomic mass is 9.62. The Morgan fingerprint density at radius 2 is 1.00 bits per heavy atom. The second-order valence-corrected chi connectivity index (χ2v) is 30.0. The minimum Gasteiger partial charge on any atom is -0.458 e. The molecule has 1 aliphatic heterocycles. The number of benzene rings is 11. The molecule has 0 fully saturated rings. The maximum Gasteiger partial charge on any atom is 0.269 e. The molecule has 0 saturated heterocycles. The summed E-state index contributed by atoms with van der Waals surface area (Å²) in [5.41, 5.74) is 25.3. The van der Waals surface area contributed by atoms with Crippen LogP contribution in [0.1, 0.15) is 104 Å². The van der Waals surface area contributed by atoms with Gasteiger partial charge in [-0.25, -0.2) is 4.98 Å². The molecule has 7 heteroatoms. The lowest BCUT2D eigenvalue weighted by molar-refractivity contribution is -0.570. The van der Waals surface area contributed by atoms with Crippen LogP contribution >= 0.6 is 0 Å². The topological polar surface area (TPSA) is 53.9 Å². The van der Waals surface area contributed by atoms with Crippen molar-refractivity contribution in [3.8, 4) is 78.9 Å². The van der Waals surface area contributed by atoms with Crippen molar-refractivity contribution in [1.82, 2.24) is 18.7 Å². The standard InChI is InChI=1S/C88H73N5O2/c1-85(2,3)54-38-41-89-82(45-54)93-77-32-19-15-28-64(77)65-36-35-59(49-78(65)93)94-58-23-21-22-56(46-58)90-52-91-83-67(53-34-37-81-70(42-53)66-29-16-20-33-80(66)95-81)43-55(86(4,5)6)44-71(83)69-51-74-73(87(7,8)39-40-88(74,9)10)50-68(69)60-24-11-12-25-61(60)72-47-57(48-79(90)84(72)91)92-75-30-17-13-26-62(75)63-27-14-18-31-76(63)92/h11-38,41-51H,39-40H2,1-10H3. The van der Waals surface area contributed by atoms with Gasteiger partial charge in [-0.15, -0.1) is 0 Å². The van der Waals surface area contributed by atoms with Crippen molar-refractivity contribution in [3.05, 3.63) is 265 Å². The number of aromatic nitrogens is 5. The zero-order valence-electron chi connectivity index (χ0n) is 55.5. The van der Waals surface area contributed by atoms with Crippen molar-refractivity contribution in [1.29, 1.82) is 0 Å². The summed E-state index contributed by atoms with van der Waals surface area (Å²) in [6.07, 6.45) is 8.37. The summed E-state index contributed by atoms with van der Waals surface area (Å²) < 4.78 is 23.2. The Balaban J connectivity index is 0.944. The Morgan fingerprint density at radius 3 is 1.68 bits per heavy atom. The lowest BCUT2D eigenvalue weighted by Crippen LogP contribution is -2.34. The Morgan fingerprint density at radius 1 is 0.421 bits per heavy atom. The maximum absolute atomic E-state index is 7.15. The van der Waals surface area contributed by atoms with Gasteiger partial charge in [0.2, 0.25) is 0 Å². The molecule has 2 aliphatic rings. The number of ether oxygens (including phenoxy) is 1. The molecule has 462 valence electrons. The van der Waals surface area contributed by atoms with Crippen molar-refractivity contribution >= 4 is 76.6 Å². The molecule has 0 unspecified atom stereocenters. The Hall–Kier alpha value is -10.8. The van der Waals surface area contributed by atoms with Gasteiger partial charge in [-0.05, 0) is 198 Å². The molecule has 1 aliphatic carbocycles. The van der Waals surface area contributed by atoms with E-state index in [1.807, 2.05) is 6.20 Å². The molecule has 11 aromatic carbocycles. The Kier molecular flexibility index (Phi) is 12.2. The van der Waals surface area contributed by atoms with Gasteiger partial charge < -0.3 is 13.7 Å². The van der Waals surface area contributed by atoms with E-state index in [1.54, 1.807) is 0 Å². The molecule has 0 amide bonds. The molecule has 7 nitrogen and oxygen atoms in total. The number of pyridine rings is 1. The number of fused-ring (bicyclic) bond motifs is 17. The minimum atomic E-state index is -0.233. The van der Waals surface area contributed by atoms with E-state index >= 15 is 0 Å². The second-order valence-electron chi connectivity index (χ2n) is 30.0. The second kappa shape index (κ2) is 20.4. The van der Waals surface area contributed by atoms with Crippen LogP contribution in [0.5, 0.6) is 11.5 Å². The number of hydrogen-bond donors (Lipinski definition) is 0. The third-order valence-electron chi connectivity index (χ3n) is 21.1. The highest BCUT2D eigenvalue weighted by atomic mass is 16.5. The summed E-state index contributed by atoms with van der Waals surface area (Å²) in [6, 6.07) is 85.2. The zero-order valence-corrected chi connectivity index (χ0v) is 55.5. The SMILES string of the molecule is CC(C)(C)c1ccnc(-n2c3ccccc3c3ccc(Oc4cccc(-n5[c-][n+]6c7c(cc(-n8c9ccccc9c9ccccc98)cc75)-c5ccccc5-c5cc7c(cc5-c5cc(C(C)(C)C)cc(-c8ccc9oc%10ccccc%10c9c8)c5-6)C(C)(C)CCC7(C)C)c4)cc32)c1. The molecule has 0 atom stereocenters. The van der Waals surface area contributed by atoms with Crippen LogP contribution in [0.25, 0.3) is 144 Å². The summed E-state index contributed by atoms with van der Waals surface area (Å²) in [5, 5.41) is 6.88. The first kappa shape index (κ1) is 56.9. The van der Waals surface area contributed by atoms with E-state index in [-0.39, 0.29) is 21.7 Å². The first-order valence-corrected chi connectivity index (χ1v) is 33.5. The highest BCUT2D eigenvalue weighted by molar-refractivity contribution is 6.12. The van der Waals surface area contributed by atoms with Gasteiger partial charge in [-0.2, -0.15) is 0 Å². The summed E-state index contributed by atoms with van der Waals surface area (Å²) >= 11 is 0. The fourth-order valence-corrected chi connectivity index (χ4v) is 15.8. The van der Waals surface area contributed by atoms with Crippen molar-refractivity contribution in [3.63, 3.8) is 0 Å². The molecule has 18 rings (SSSR count). The fraction of sp³-hybridized carbons (Fsp3) is 0.182. The summed E-state index contributed by atoms with van der Waals surface area (Å²) in [5.74, 6) is 2.29. The van der Waals surface area contributed by atoms with Gasteiger partial charge in [-0.1, -0.05) is 197 Å². The summed E-state index contributed by atoms with van der Waals surface area (Å²) in [6.45, 7) is 23.6. The lowest BCUT2D eigenvalue weighted by Gasteiger charge is -2.42. The minimum absolute atomic E-state index is 0.0489. The van der Waals surface area contributed by atoms with E-state index in [1.165, 1.54) is 49.7 Å². The molecule has 0 saturated carbocycles. The third-order valence-corrected chi connectivity index (χ3v) is 21.1. The molecule has 16 aromatic rings. The predicted octanol–water partition coefficient (Wildman–Crippen LogP) is 22.9. The number of furan rings is 1. The van der Waals surface area contributed by atoms with Gasteiger partial charge in [0, 0.05) is 50.3 Å². The monoisotopic (exact) mass is 1230 g/mol. The van der Waals surface area contributed by atoms with Crippen LogP contribution in [0.2, 0.25) is 0 Å². The molecular weight excluding hydrogens is 1160 g/mol. The van der Waals surface area contributed by atoms with Gasteiger partial charge in [0.1, 0.15) is 28.5 Å². The first-order valence-electron chi connectivity index (χ1n) is 33.5. The van der Waals surface area contributed by atoms with Crippen LogP contribution < -0.4 is 9.30 Å². The van der Waals surface area contributed by atoms with Gasteiger partial charge >= 0.3 is 0 Å². The van der Waals surface area contributed by atoms with E-state index in [9.17, 15) is 0 Å². The number of hydrogen-bond acceptors (Lipinski definition) is 3. The van der Waals surface area contributed by atoms with E-state index in [2.05, 4.69) is 324 Å². The fourth-order valence-electron chi connectivity index (χ4n) is 15.8. The van der Waals surface area contributed by atoms with Gasteiger partial charge in [0.05, 0.1) is 44.5 Å². The van der Waals surface area contributed by atoms with E-state index in [0.717, 1.165) is 135 Å². The zero-order chi connectivity index (χ0) is 64.6. The Labute approximate surface area is 553 Å². The highest BCUT2D eigenvalue weighted by Gasteiger charge is 2.40. The van der Waals surface area contributed by atoms with E-state index < -0.39 is 0 Å². The van der Waals surface area contributed by atoms with Crippen LogP contribution in [0.15, 0.2) is 241 Å². The van der Waals surface area contributed by atoms with E-state index in [0.29, 0.717) is 5.75 Å². The highest BCUT2D eigenvalue weighted by Crippen LogP contribution is 2.54. The largest absolute Gasteiger partial charge is 0.458 e. The molecule has 0 N–H and O–H groups in total. The maximum atomic E-state index is 7.15. The number of nitrogens with zero attached hydrogens (tertiary/aromatic N) is 5. The Bertz CT molecular complexity index is 5870. The molecule has 6 heterocycles. The van der Waals surface area contributed by atoms with Crippen LogP contribution in [-0.4, -0.2) is 18.7 Å². The molecule has 0 spiro atoms. The van der Waals surface area contributed by atoms with Crippen LogP contribution in [0.3, 0.4) is 0 Å². The molecule has 5 aromatic heterocycles. The normalized spacial score (nSPS) is 14.3. The third kappa shape index (κ3) is 8.84.